The van der Waals surface area contributed by atoms with E-state index in [1.165, 1.54) is 0 Å². The number of rotatable bonds is 6. The summed E-state index contributed by atoms with van der Waals surface area (Å²) in [5.41, 5.74) is 1.96. The highest BCUT2D eigenvalue weighted by Gasteiger charge is 2.15. The van der Waals surface area contributed by atoms with E-state index in [1.54, 1.807) is 27.5 Å². The molecule has 0 saturated heterocycles. The van der Waals surface area contributed by atoms with E-state index in [2.05, 4.69) is 15.4 Å². The molecule has 0 atom stereocenters. The summed E-state index contributed by atoms with van der Waals surface area (Å²) < 4.78 is 16.0. The van der Waals surface area contributed by atoms with Gasteiger partial charge in [-0.3, -0.25) is 0 Å². The molecule has 102 valence electrons. The molecule has 0 aliphatic rings. The van der Waals surface area contributed by atoms with E-state index in [1.807, 2.05) is 12.1 Å². The van der Waals surface area contributed by atoms with Crippen molar-refractivity contribution in [1.29, 1.82) is 0 Å². The first-order valence-corrected chi connectivity index (χ1v) is 5.92. The van der Waals surface area contributed by atoms with Crippen molar-refractivity contribution >= 4 is 0 Å². The highest BCUT2D eigenvalue weighted by Crippen LogP contribution is 2.40. The molecule has 0 radical (unpaired) electrons. The maximum atomic E-state index is 5.43. The molecule has 1 N–H and O–H groups in total. The molecule has 0 spiro atoms. The Morgan fingerprint density at radius 1 is 1.00 bits per heavy atom. The van der Waals surface area contributed by atoms with Gasteiger partial charge in [0.2, 0.25) is 5.75 Å². The SMILES string of the molecule is COc1ccc(CCc2cn[nH]n2)c(OC)c1OC. The highest BCUT2D eigenvalue weighted by molar-refractivity contribution is 5.55. The van der Waals surface area contributed by atoms with Crippen LogP contribution in [0.1, 0.15) is 11.3 Å². The number of hydrogen-bond acceptors (Lipinski definition) is 5. The zero-order valence-corrected chi connectivity index (χ0v) is 11.3. The molecule has 1 aromatic carbocycles. The fourth-order valence-corrected chi connectivity index (χ4v) is 1.97. The average molecular weight is 263 g/mol. The van der Waals surface area contributed by atoms with Gasteiger partial charge in [-0.25, -0.2) is 0 Å². The second-order valence-electron chi connectivity index (χ2n) is 3.95. The summed E-state index contributed by atoms with van der Waals surface area (Å²) in [6, 6.07) is 3.85. The predicted octanol–water partition coefficient (Wildman–Crippen LogP) is 1.62. The molecular weight excluding hydrogens is 246 g/mol. The Labute approximate surface area is 111 Å². The Morgan fingerprint density at radius 3 is 2.37 bits per heavy atom. The first kappa shape index (κ1) is 13.2. The first-order chi connectivity index (χ1) is 9.30. The van der Waals surface area contributed by atoms with Crippen LogP contribution in [-0.2, 0) is 12.8 Å². The van der Waals surface area contributed by atoms with Gasteiger partial charge in [-0.2, -0.15) is 15.4 Å². The number of benzene rings is 1. The normalized spacial score (nSPS) is 10.3. The highest BCUT2D eigenvalue weighted by atomic mass is 16.5. The quantitative estimate of drug-likeness (QED) is 0.857. The van der Waals surface area contributed by atoms with Crippen LogP contribution in [0.15, 0.2) is 18.3 Å². The molecule has 6 heteroatoms. The summed E-state index contributed by atoms with van der Waals surface area (Å²) in [7, 11) is 4.82. The number of methoxy groups -OCH3 is 3. The number of ether oxygens (including phenoxy) is 3. The number of H-pyrrole nitrogens is 1. The summed E-state index contributed by atoms with van der Waals surface area (Å²) in [6.07, 6.45) is 3.28. The molecular formula is C13H17N3O3. The lowest BCUT2D eigenvalue weighted by molar-refractivity contribution is 0.322. The molecule has 6 nitrogen and oxygen atoms in total. The number of aromatic amines is 1. The van der Waals surface area contributed by atoms with E-state index in [0.717, 1.165) is 24.1 Å². The molecule has 0 unspecified atom stereocenters. The number of aromatic nitrogens is 3. The summed E-state index contributed by atoms with van der Waals surface area (Å²) in [5, 5.41) is 10.4. The van der Waals surface area contributed by atoms with Crippen LogP contribution in [0.2, 0.25) is 0 Å². The smallest absolute Gasteiger partial charge is 0.203 e. The zero-order valence-electron chi connectivity index (χ0n) is 11.3. The minimum absolute atomic E-state index is 0.614. The van der Waals surface area contributed by atoms with Crippen LogP contribution in [0, 0.1) is 0 Å². The van der Waals surface area contributed by atoms with Gasteiger partial charge in [0.15, 0.2) is 11.5 Å². The molecule has 0 fully saturated rings. The van der Waals surface area contributed by atoms with Gasteiger partial charge < -0.3 is 14.2 Å². The van der Waals surface area contributed by atoms with Gasteiger partial charge >= 0.3 is 0 Å². The zero-order chi connectivity index (χ0) is 13.7. The van der Waals surface area contributed by atoms with E-state index in [-0.39, 0.29) is 0 Å². The number of nitrogens with one attached hydrogen (secondary N) is 1. The summed E-state index contributed by atoms with van der Waals surface area (Å²) in [6.45, 7) is 0. The number of hydrogen-bond donors (Lipinski definition) is 1. The molecule has 1 aromatic heterocycles. The van der Waals surface area contributed by atoms with Crippen molar-refractivity contribution < 1.29 is 14.2 Å². The lowest BCUT2D eigenvalue weighted by Crippen LogP contribution is -2.00. The minimum atomic E-state index is 0.614. The Kier molecular flexibility index (Phi) is 4.22. The third-order valence-electron chi connectivity index (χ3n) is 2.90. The van der Waals surface area contributed by atoms with Gasteiger partial charge in [0.25, 0.3) is 0 Å². The van der Waals surface area contributed by atoms with E-state index < -0.39 is 0 Å². The van der Waals surface area contributed by atoms with Gasteiger partial charge in [0.05, 0.1) is 33.2 Å². The molecule has 0 saturated carbocycles. The number of nitrogens with zero attached hydrogens (tertiary/aromatic N) is 2. The Balaban J connectivity index is 2.24. The second kappa shape index (κ2) is 6.08. The van der Waals surface area contributed by atoms with Crippen molar-refractivity contribution in [3.05, 3.63) is 29.6 Å². The van der Waals surface area contributed by atoms with Crippen molar-refractivity contribution in [2.24, 2.45) is 0 Å². The monoisotopic (exact) mass is 263 g/mol. The molecule has 0 amide bonds. The summed E-state index contributed by atoms with van der Waals surface area (Å²) in [4.78, 5) is 0. The van der Waals surface area contributed by atoms with Crippen LogP contribution in [0.25, 0.3) is 0 Å². The van der Waals surface area contributed by atoms with Gasteiger partial charge in [-0.1, -0.05) is 6.07 Å². The van der Waals surface area contributed by atoms with Crippen molar-refractivity contribution in [2.45, 2.75) is 12.8 Å². The van der Waals surface area contributed by atoms with Gasteiger partial charge in [0, 0.05) is 0 Å². The summed E-state index contributed by atoms with van der Waals surface area (Å²) >= 11 is 0. The van der Waals surface area contributed by atoms with Crippen molar-refractivity contribution in [3.8, 4) is 17.2 Å². The van der Waals surface area contributed by atoms with Crippen LogP contribution < -0.4 is 14.2 Å². The average Bonchev–Trinajstić information content (AvgIpc) is 2.96. The summed E-state index contributed by atoms with van der Waals surface area (Å²) in [5.74, 6) is 1.97. The molecule has 0 aliphatic heterocycles. The van der Waals surface area contributed by atoms with Gasteiger partial charge in [-0.15, -0.1) is 0 Å². The largest absolute Gasteiger partial charge is 0.493 e. The number of aryl methyl sites for hydroxylation is 2. The predicted molar refractivity (Wildman–Crippen MR) is 69.9 cm³/mol. The van der Waals surface area contributed by atoms with E-state index in [0.29, 0.717) is 17.2 Å². The Hall–Kier alpha value is -2.24. The van der Waals surface area contributed by atoms with E-state index >= 15 is 0 Å². The second-order valence-corrected chi connectivity index (χ2v) is 3.95. The molecule has 2 rings (SSSR count). The van der Waals surface area contributed by atoms with Crippen LogP contribution in [-0.4, -0.2) is 36.7 Å². The first-order valence-electron chi connectivity index (χ1n) is 5.92. The van der Waals surface area contributed by atoms with Gasteiger partial charge in [-0.05, 0) is 24.5 Å². The van der Waals surface area contributed by atoms with E-state index in [4.69, 9.17) is 14.2 Å². The maximum absolute atomic E-state index is 5.43. The van der Waals surface area contributed by atoms with Crippen molar-refractivity contribution in [3.63, 3.8) is 0 Å². The lowest BCUT2D eigenvalue weighted by atomic mass is 10.1. The van der Waals surface area contributed by atoms with E-state index in [9.17, 15) is 0 Å². The third-order valence-corrected chi connectivity index (χ3v) is 2.90. The van der Waals surface area contributed by atoms with Crippen molar-refractivity contribution in [2.75, 3.05) is 21.3 Å². The van der Waals surface area contributed by atoms with Crippen molar-refractivity contribution in [1.82, 2.24) is 15.4 Å². The molecule has 19 heavy (non-hydrogen) atoms. The Bertz CT molecular complexity index is 526. The minimum Gasteiger partial charge on any atom is -0.493 e. The third kappa shape index (κ3) is 2.78. The van der Waals surface area contributed by atoms with Crippen LogP contribution in [0.5, 0.6) is 17.2 Å². The standard InChI is InChI=1S/C13H17N3O3/c1-17-11-7-5-9(12(18-2)13(11)19-3)4-6-10-8-14-16-15-10/h5,7-8H,4,6H2,1-3H3,(H,14,15,16). The topological polar surface area (TPSA) is 69.3 Å². The molecule has 0 bridgehead atoms. The van der Waals surface area contributed by atoms with Crippen LogP contribution >= 0.6 is 0 Å². The lowest BCUT2D eigenvalue weighted by Gasteiger charge is -2.15. The molecule has 0 aliphatic carbocycles. The maximum Gasteiger partial charge on any atom is 0.203 e. The van der Waals surface area contributed by atoms with Crippen LogP contribution in [0.3, 0.4) is 0 Å². The van der Waals surface area contributed by atoms with Gasteiger partial charge in [0.1, 0.15) is 0 Å². The fourth-order valence-electron chi connectivity index (χ4n) is 1.97. The Morgan fingerprint density at radius 2 is 1.79 bits per heavy atom. The van der Waals surface area contributed by atoms with Crippen LogP contribution in [0.4, 0.5) is 0 Å². The molecule has 2 aromatic rings. The fraction of sp³-hybridized carbons (Fsp3) is 0.385. The molecule has 1 heterocycles.